The van der Waals surface area contributed by atoms with E-state index in [0.29, 0.717) is 11.3 Å². The number of anilines is 2. The van der Waals surface area contributed by atoms with Crippen LogP contribution in [0.3, 0.4) is 0 Å². The van der Waals surface area contributed by atoms with Crippen LogP contribution in [0.5, 0.6) is 5.75 Å². The van der Waals surface area contributed by atoms with Crippen molar-refractivity contribution < 1.29 is 35.2 Å². The van der Waals surface area contributed by atoms with E-state index in [1.807, 2.05) is 0 Å². The summed E-state index contributed by atoms with van der Waals surface area (Å²) in [5, 5.41) is 4.46. The maximum atomic E-state index is 11.9. The summed E-state index contributed by atoms with van der Waals surface area (Å²) < 4.78 is 16.6. The molecule has 0 spiro atoms. The van der Waals surface area contributed by atoms with E-state index >= 15 is 0 Å². The van der Waals surface area contributed by atoms with Gasteiger partial charge in [-0.25, -0.2) is 0 Å². The van der Waals surface area contributed by atoms with Gasteiger partial charge in [0.2, 0.25) is 0 Å². The van der Waals surface area contributed by atoms with Crippen molar-refractivity contribution in [3.8, 4) is 5.75 Å². The molecule has 0 unspecified atom stereocenters. The zero-order chi connectivity index (χ0) is 28.2. The van der Waals surface area contributed by atoms with Gasteiger partial charge in [0.15, 0.2) is 0 Å². The van der Waals surface area contributed by atoms with Gasteiger partial charge in [0.25, 0.3) is 18.3 Å². The van der Waals surface area contributed by atoms with Gasteiger partial charge < -0.3 is 14.4 Å². The van der Waals surface area contributed by atoms with E-state index in [1.165, 1.54) is 76.0 Å². The summed E-state index contributed by atoms with van der Waals surface area (Å²) in [6.07, 6.45) is 14.9. The molecule has 3 aromatic rings. The Morgan fingerprint density at radius 1 is 0.902 bits per heavy atom. The Morgan fingerprint density at radius 3 is 2.10 bits per heavy atom. The van der Waals surface area contributed by atoms with E-state index in [-0.39, 0.29) is 46.5 Å². The molecule has 1 radical (unpaired) electrons. The second kappa shape index (κ2) is 18.0. The molecule has 3 aromatic carbocycles. The quantitative estimate of drug-likeness (QED) is 0.107. The standard InChI is InChI=1S/C20H32NP.C13H9FNO2S.Au/c1-21(2)19-15-9-10-16-20(19)22(17-11-5-3-6-12-17)18-13-7-4-8-14-18;14-18-17-12-8-4-5-10(9-12)13(16)15-11-6-2-1-3-7-11;/h9-10,15-18H,3-8,11-14H2,1-2H3;2-9H,(H,15,16);/q;-1;/p+1. The van der Waals surface area contributed by atoms with Crippen LogP contribution in [0, 0.1) is 6.07 Å². The molecule has 2 saturated carbocycles. The largest absolute Gasteiger partial charge is 0.397 e. The first kappa shape index (κ1) is 33.7. The third kappa shape index (κ3) is 10.1. The van der Waals surface area contributed by atoms with Crippen molar-refractivity contribution in [2.24, 2.45) is 0 Å². The van der Waals surface area contributed by atoms with Crippen molar-refractivity contribution in [2.45, 2.75) is 75.5 Å². The van der Waals surface area contributed by atoms with Crippen LogP contribution < -0.4 is 19.7 Å². The van der Waals surface area contributed by atoms with Crippen LogP contribution in [-0.4, -0.2) is 31.3 Å². The number of para-hydroxylation sites is 1. The summed E-state index contributed by atoms with van der Waals surface area (Å²) in [4.78, 5) is 14.2. The van der Waals surface area contributed by atoms with Crippen molar-refractivity contribution in [1.29, 1.82) is 0 Å². The number of amides is 1. The van der Waals surface area contributed by atoms with E-state index in [9.17, 15) is 8.68 Å². The fourth-order valence-electron chi connectivity index (χ4n) is 6.11. The molecule has 4 nitrogen and oxygen atoms in total. The average Bonchev–Trinajstić information content (AvgIpc) is 3.00. The molecule has 1 amide bonds. The van der Waals surface area contributed by atoms with E-state index in [0.717, 1.165) is 11.3 Å². The van der Waals surface area contributed by atoms with Gasteiger partial charge in [0, 0.05) is 50.0 Å². The van der Waals surface area contributed by atoms with Gasteiger partial charge in [0.1, 0.15) is 11.1 Å². The summed E-state index contributed by atoms with van der Waals surface area (Å²) in [7, 11) is 4.01. The fourth-order valence-corrected chi connectivity index (χ4v) is 10.8. The molecule has 5 rings (SSSR count). The number of halogens is 1. The van der Waals surface area contributed by atoms with Crippen LogP contribution in [0.4, 0.5) is 15.3 Å². The summed E-state index contributed by atoms with van der Waals surface area (Å²) in [6.45, 7) is 0. The van der Waals surface area contributed by atoms with Gasteiger partial charge in [-0.1, -0.05) is 36.7 Å². The number of nitrogens with one attached hydrogen (secondary N) is 1. The number of rotatable bonds is 8. The molecule has 2 aliphatic rings. The third-order valence-corrected chi connectivity index (χ3v) is 12.2. The number of hydrogen-bond acceptors (Lipinski definition) is 4. The molecule has 8 heteroatoms. The van der Waals surface area contributed by atoms with Crippen molar-refractivity contribution in [2.75, 3.05) is 24.3 Å². The van der Waals surface area contributed by atoms with Gasteiger partial charge in [-0.15, -0.1) is 16.0 Å². The first-order chi connectivity index (χ1) is 19.6. The second-order valence-electron chi connectivity index (χ2n) is 11.0. The fraction of sp³-hybridized carbons (Fsp3) is 0.424. The van der Waals surface area contributed by atoms with Crippen molar-refractivity contribution >= 4 is 42.9 Å². The van der Waals surface area contributed by atoms with Crippen LogP contribution in [0.1, 0.15) is 74.6 Å². The Bertz CT molecular complexity index is 1170. The SMILES string of the molecule is CN(C)c1ccccc1[PH+](C1CCCCC1)C1CCCCC1.O=C(Nc1cc[c-]cc1)c1cccc(OSF)c1.[Au]. The maximum absolute atomic E-state index is 11.9. The van der Waals surface area contributed by atoms with Crippen LogP contribution in [0.15, 0.2) is 72.8 Å². The summed E-state index contributed by atoms with van der Waals surface area (Å²) in [5.74, 6) is 0.00653. The Kier molecular flexibility index (Phi) is 14.8. The minimum Gasteiger partial charge on any atom is -0.397 e. The molecule has 0 atom stereocenters. The normalized spacial score (nSPS) is 15.7. The summed E-state index contributed by atoms with van der Waals surface area (Å²) in [6, 6.07) is 25.4. The summed E-state index contributed by atoms with van der Waals surface area (Å²) in [5.41, 5.74) is 4.64. The molecular weight excluding hydrogens is 735 g/mol. The third-order valence-electron chi connectivity index (χ3n) is 7.99. The topological polar surface area (TPSA) is 41.6 Å². The Balaban J connectivity index is 0.000000225. The molecular formula is C33H42AuFN2O2PS. The number of carbonyl (C=O) groups is 1. The maximum Gasteiger partial charge on any atom is 0.272 e. The van der Waals surface area contributed by atoms with E-state index in [1.54, 1.807) is 47.8 Å². The smallest absolute Gasteiger partial charge is 0.272 e. The molecule has 0 saturated heterocycles. The number of nitrogens with zero attached hydrogens (tertiary/aromatic N) is 1. The molecule has 2 fully saturated rings. The molecule has 0 aromatic heterocycles. The molecule has 41 heavy (non-hydrogen) atoms. The Hall–Kier alpha value is -1.82. The van der Waals surface area contributed by atoms with Crippen LogP contribution >= 0.6 is 20.4 Å². The van der Waals surface area contributed by atoms with Gasteiger partial charge in [-0.05, 0) is 81.7 Å². The van der Waals surface area contributed by atoms with Crippen molar-refractivity contribution in [3.05, 3.63) is 84.4 Å². The first-order valence-electron chi connectivity index (χ1n) is 14.5. The number of carbonyl (C=O) groups excluding carboxylic acids is 1. The van der Waals surface area contributed by atoms with E-state index in [2.05, 4.69) is 58.8 Å². The Labute approximate surface area is 267 Å². The van der Waals surface area contributed by atoms with Gasteiger partial charge in [-0.2, -0.15) is 18.2 Å². The second-order valence-corrected chi connectivity index (χ2v) is 14.3. The average molecular weight is 778 g/mol. The molecule has 2 aliphatic carbocycles. The van der Waals surface area contributed by atoms with E-state index < -0.39 is 7.92 Å². The molecule has 0 heterocycles. The van der Waals surface area contributed by atoms with Gasteiger partial charge in [0.05, 0.1) is 17.0 Å². The molecule has 225 valence electrons. The zero-order valence-corrected chi connectivity index (χ0v) is 28.0. The molecule has 1 N–H and O–H groups in total. The monoisotopic (exact) mass is 777 g/mol. The van der Waals surface area contributed by atoms with Gasteiger partial charge in [-0.3, -0.25) is 4.79 Å². The number of hydrogen-bond donors (Lipinski definition) is 1. The minimum atomic E-state index is -0.439. The Morgan fingerprint density at radius 2 is 1.51 bits per heavy atom. The summed E-state index contributed by atoms with van der Waals surface area (Å²) >= 11 is -0.257. The molecule has 0 aliphatic heterocycles. The zero-order valence-electron chi connectivity index (χ0n) is 24.0. The predicted octanol–water partition coefficient (Wildman–Crippen LogP) is 8.91. The van der Waals surface area contributed by atoms with Gasteiger partial charge >= 0.3 is 0 Å². The van der Waals surface area contributed by atoms with Crippen LogP contribution in [0.2, 0.25) is 0 Å². The number of benzene rings is 3. The first-order valence-corrected chi connectivity index (χ1v) is 16.8. The van der Waals surface area contributed by atoms with Crippen molar-refractivity contribution in [3.63, 3.8) is 0 Å². The van der Waals surface area contributed by atoms with Crippen LogP contribution in [0.25, 0.3) is 0 Å². The van der Waals surface area contributed by atoms with E-state index in [4.69, 9.17) is 0 Å². The predicted molar refractivity (Wildman–Crippen MR) is 171 cm³/mol. The molecule has 0 bridgehead atoms. The van der Waals surface area contributed by atoms with Crippen LogP contribution in [-0.2, 0) is 22.4 Å². The van der Waals surface area contributed by atoms with Crippen molar-refractivity contribution in [1.82, 2.24) is 0 Å². The minimum absolute atomic E-state index is 0.